The quantitative estimate of drug-likeness (QED) is 0.843. The van der Waals surface area contributed by atoms with E-state index in [4.69, 9.17) is 10.3 Å². The summed E-state index contributed by atoms with van der Waals surface area (Å²) < 4.78 is 5.24. The zero-order valence-electron chi connectivity index (χ0n) is 13.6. The number of hydrogen-bond donors (Lipinski definition) is 2. The predicted molar refractivity (Wildman–Crippen MR) is 91.1 cm³/mol. The van der Waals surface area contributed by atoms with Gasteiger partial charge >= 0.3 is 0 Å². The third-order valence-corrected chi connectivity index (χ3v) is 3.59. The van der Waals surface area contributed by atoms with Crippen LogP contribution in [0.4, 0.5) is 0 Å². The van der Waals surface area contributed by atoms with Gasteiger partial charge in [0, 0.05) is 18.0 Å². The first-order chi connectivity index (χ1) is 10.5. The molecular formula is C16H23ClN4O2. The fourth-order valence-electron chi connectivity index (χ4n) is 1.94. The van der Waals surface area contributed by atoms with E-state index in [0.29, 0.717) is 18.3 Å². The molecule has 0 aliphatic heterocycles. The predicted octanol–water partition coefficient (Wildman–Crippen LogP) is 2.49. The highest BCUT2D eigenvalue weighted by atomic mass is 35.5. The minimum absolute atomic E-state index is 0. The monoisotopic (exact) mass is 338 g/mol. The van der Waals surface area contributed by atoms with Crippen LogP contribution in [-0.2, 0) is 11.2 Å². The molecule has 2 unspecified atom stereocenters. The zero-order valence-corrected chi connectivity index (χ0v) is 14.4. The van der Waals surface area contributed by atoms with Gasteiger partial charge < -0.3 is 15.6 Å². The molecule has 1 heterocycles. The van der Waals surface area contributed by atoms with Gasteiger partial charge in [-0.05, 0) is 18.9 Å². The third-order valence-electron chi connectivity index (χ3n) is 3.59. The van der Waals surface area contributed by atoms with Gasteiger partial charge in [-0.25, -0.2) is 0 Å². The molecule has 7 heteroatoms. The van der Waals surface area contributed by atoms with Crippen molar-refractivity contribution in [2.24, 2.45) is 11.7 Å². The molecule has 2 atom stereocenters. The number of hydrogen-bond acceptors (Lipinski definition) is 5. The summed E-state index contributed by atoms with van der Waals surface area (Å²) in [6.07, 6.45) is 0.986. The van der Waals surface area contributed by atoms with Crippen molar-refractivity contribution in [3.05, 3.63) is 35.7 Å². The van der Waals surface area contributed by atoms with Gasteiger partial charge in [-0.15, -0.1) is 12.4 Å². The number of halogens is 1. The maximum absolute atomic E-state index is 11.8. The molecule has 6 nitrogen and oxygen atoms in total. The molecular weight excluding hydrogens is 316 g/mol. The summed E-state index contributed by atoms with van der Waals surface area (Å²) in [6.45, 7) is 5.99. The Bertz CT molecular complexity index is 627. The van der Waals surface area contributed by atoms with Gasteiger partial charge in [0.25, 0.3) is 0 Å². The Labute approximate surface area is 142 Å². The number of nitrogens with zero attached hydrogens (tertiary/aromatic N) is 2. The van der Waals surface area contributed by atoms with Crippen LogP contribution < -0.4 is 11.1 Å². The minimum atomic E-state index is -0.349. The highest BCUT2D eigenvalue weighted by Crippen LogP contribution is 2.19. The van der Waals surface area contributed by atoms with E-state index in [1.165, 1.54) is 5.56 Å². The summed E-state index contributed by atoms with van der Waals surface area (Å²) in [5.41, 5.74) is 7.62. The smallest absolute Gasteiger partial charge is 0.249 e. The van der Waals surface area contributed by atoms with E-state index in [-0.39, 0.29) is 30.3 Å². The van der Waals surface area contributed by atoms with Gasteiger partial charge in [0.2, 0.25) is 17.6 Å². The van der Waals surface area contributed by atoms with E-state index in [1.54, 1.807) is 13.8 Å². The van der Waals surface area contributed by atoms with Crippen molar-refractivity contribution in [3.63, 3.8) is 0 Å². The average molecular weight is 339 g/mol. The number of benzene rings is 1. The van der Waals surface area contributed by atoms with E-state index in [0.717, 1.165) is 12.0 Å². The second-order valence-electron chi connectivity index (χ2n) is 5.37. The molecule has 1 aromatic heterocycles. The van der Waals surface area contributed by atoms with Crippen LogP contribution in [-0.4, -0.2) is 22.6 Å². The fourth-order valence-corrected chi connectivity index (χ4v) is 1.94. The number of nitrogens with one attached hydrogen (secondary N) is 1. The number of amides is 1. The van der Waals surface area contributed by atoms with E-state index in [2.05, 4.69) is 22.4 Å². The standard InChI is InChI=1S/C16H22N4O2.ClH/c1-4-12-5-7-13(8-6-12)14-19-16(22-20-14)11(3)18-15(21)10(2)9-17;/h5-8,10-11H,4,9,17H2,1-3H3,(H,18,21);1H. The lowest BCUT2D eigenvalue weighted by molar-refractivity contribution is -0.125. The molecule has 0 aliphatic carbocycles. The van der Waals surface area contributed by atoms with Crippen LogP contribution in [0.15, 0.2) is 28.8 Å². The number of rotatable bonds is 6. The molecule has 0 saturated carbocycles. The van der Waals surface area contributed by atoms with E-state index >= 15 is 0 Å². The van der Waals surface area contributed by atoms with Crippen LogP contribution in [0.2, 0.25) is 0 Å². The van der Waals surface area contributed by atoms with Crippen molar-refractivity contribution in [1.82, 2.24) is 15.5 Å². The molecule has 0 spiro atoms. The molecule has 2 aromatic rings. The summed E-state index contributed by atoms with van der Waals surface area (Å²) >= 11 is 0. The van der Waals surface area contributed by atoms with E-state index < -0.39 is 0 Å². The molecule has 2 rings (SSSR count). The van der Waals surface area contributed by atoms with Crippen molar-refractivity contribution in [2.75, 3.05) is 6.54 Å². The normalized spacial score (nSPS) is 13.0. The van der Waals surface area contributed by atoms with Gasteiger partial charge in [0.1, 0.15) is 6.04 Å². The first-order valence-electron chi connectivity index (χ1n) is 7.48. The second-order valence-corrected chi connectivity index (χ2v) is 5.37. The van der Waals surface area contributed by atoms with Crippen molar-refractivity contribution in [1.29, 1.82) is 0 Å². The average Bonchev–Trinajstić information content (AvgIpc) is 3.04. The number of carbonyl (C=O) groups is 1. The summed E-state index contributed by atoms with van der Waals surface area (Å²) in [6, 6.07) is 7.66. The molecule has 126 valence electrons. The second kappa shape index (κ2) is 8.64. The highest BCUT2D eigenvalue weighted by Gasteiger charge is 2.19. The highest BCUT2D eigenvalue weighted by molar-refractivity contribution is 5.85. The van der Waals surface area contributed by atoms with Crippen LogP contribution in [0.1, 0.15) is 38.3 Å². The van der Waals surface area contributed by atoms with Gasteiger partial charge in [0.05, 0.1) is 0 Å². The molecule has 0 radical (unpaired) electrons. The lowest BCUT2D eigenvalue weighted by Crippen LogP contribution is -2.35. The minimum Gasteiger partial charge on any atom is -0.344 e. The summed E-state index contributed by atoms with van der Waals surface area (Å²) in [5.74, 6) is 0.534. The Balaban J connectivity index is 0.00000264. The molecule has 0 bridgehead atoms. The lowest BCUT2D eigenvalue weighted by atomic mass is 10.1. The Morgan fingerprint density at radius 3 is 2.52 bits per heavy atom. The largest absolute Gasteiger partial charge is 0.344 e. The van der Waals surface area contributed by atoms with Crippen LogP contribution in [0.25, 0.3) is 11.4 Å². The third kappa shape index (κ3) is 4.77. The summed E-state index contributed by atoms with van der Waals surface area (Å²) in [5, 5.41) is 6.79. The molecule has 23 heavy (non-hydrogen) atoms. The maximum Gasteiger partial charge on any atom is 0.249 e. The van der Waals surface area contributed by atoms with Crippen LogP contribution >= 0.6 is 12.4 Å². The lowest BCUT2D eigenvalue weighted by Gasteiger charge is -2.13. The van der Waals surface area contributed by atoms with Crippen molar-refractivity contribution in [3.8, 4) is 11.4 Å². The van der Waals surface area contributed by atoms with Gasteiger partial charge in [-0.2, -0.15) is 4.98 Å². The fraction of sp³-hybridized carbons (Fsp3) is 0.438. The molecule has 1 aromatic carbocycles. The number of aryl methyl sites for hydroxylation is 1. The summed E-state index contributed by atoms with van der Waals surface area (Å²) in [4.78, 5) is 16.2. The Hall–Kier alpha value is -1.92. The number of carbonyl (C=O) groups excluding carboxylic acids is 1. The summed E-state index contributed by atoms with van der Waals surface area (Å²) in [7, 11) is 0. The van der Waals surface area contributed by atoms with Gasteiger partial charge in [-0.3, -0.25) is 4.79 Å². The molecule has 0 fully saturated rings. The Morgan fingerprint density at radius 2 is 1.96 bits per heavy atom. The zero-order chi connectivity index (χ0) is 16.1. The molecule has 1 amide bonds. The van der Waals surface area contributed by atoms with E-state index in [9.17, 15) is 4.79 Å². The Kier molecular flexibility index (Phi) is 7.19. The van der Waals surface area contributed by atoms with Crippen LogP contribution in [0.5, 0.6) is 0 Å². The number of aromatic nitrogens is 2. The first kappa shape index (κ1) is 19.1. The Morgan fingerprint density at radius 1 is 1.30 bits per heavy atom. The molecule has 0 aliphatic rings. The first-order valence-corrected chi connectivity index (χ1v) is 7.48. The van der Waals surface area contributed by atoms with Crippen LogP contribution in [0.3, 0.4) is 0 Å². The topological polar surface area (TPSA) is 94.0 Å². The van der Waals surface area contributed by atoms with Crippen molar-refractivity contribution >= 4 is 18.3 Å². The molecule has 3 N–H and O–H groups in total. The van der Waals surface area contributed by atoms with Crippen molar-refractivity contribution < 1.29 is 9.32 Å². The van der Waals surface area contributed by atoms with Crippen LogP contribution in [0, 0.1) is 5.92 Å². The maximum atomic E-state index is 11.8. The number of nitrogens with two attached hydrogens (primary N) is 1. The molecule has 0 saturated heterocycles. The van der Waals surface area contributed by atoms with Gasteiger partial charge in [0.15, 0.2) is 0 Å². The SMILES string of the molecule is CCc1ccc(-c2noc(C(C)NC(=O)C(C)CN)n2)cc1.Cl. The van der Waals surface area contributed by atoms with Crippen molar-refractivity contribution in [2.45, 2.75) is 33.2 Å². The van der Waals surface area contributed by atoms with Gasteiger partial charge in [-0.1, -0.05) is 43.3 Å². The van der Waals surface area contributed by atoms with E-state index in [1.807, 2.05) is 24.3 Å².